The zero-order valence-electron chi connectivity index (χ0n) is 14.1. The summed E-state index contributed by atoms with van der Waals surface area (Å²) in [4.78, 5) is 33.1. The van der Waals surface area contributed by atoms with Crippen LogP contribution in [0.15, 0.2) is 24.4 Å². The average molecular weight is 345 g/mol. The Kier molecular flexibility index (Phi) is 4.11. The monoisotopic (exact) mass is 345 g/mol. The van der Waals surface area contributed by atoms with Gasteiger partial charge >= 0.3 is 5.97 Å². The van der Waals surface area contributed by atoms with Gasteiger partial charge in [-0.1, -0.05) is 6.07 Å². The molecule has 0 aliphatic carbocycles. The summed E-state index contributed by atoms with van der Waals surface area (Å²) in [7, 11) is 0. The van der Waals surface area contributed by atoms with Crippen LogP contribution in [-0.4, -0.2) is 66.3 Å². The van der Waals surface area contributed by atoms with Crippen molar-refractivity contribution in [1.82, 2.24) is 9.88 Å². The third-order valence-corrected chi connectivity index (χ3v) is 5.89. The van der Waals surface area contributed by atoms with E-state index < -0.39 is 11.4 Å². The molecule has 0 saturated carbocycles. The van der Waals surface area contributed by atoms with Crippen molar-refractivity contribution in [2.24, 2.45) is 17.3 Å². The third-order valence-electron chi connectivity index (χ3n) is 5.89. The number of rotatable bonds is 3. The Hall–Kier alpha value is -2.15. The second-order valence-electron chi connectivity index (χ2n) is 7.33. The summed E-state index contributed by atoms with van der Waals surface area (Å²) in [5.74, 6) is 0.0156. The molecule has 2 atom stereocenters. The Balaban J connectivity index is 1.51. The Morgan fingerprint density at radius 2 is 2.00 bits per heavy atom. The molecule has 3 saturated heterocycles. The van der Waals surface area contributed by atoms with Gasteiger partial charge in [0.2, 0.25) is 5.91 Å². The number of carbonyl (C=O) groups is 2. The topological polar surface area (TPSA) is 83.0 Å². The van der Waals surface area contributed by atoms with Crippen molar-refractivity contribution in [2.45, 2.75) is 12.8 Å². The molecular weight excluding hydrogens is 322 g/mol. The molecule has 25 heavy (non-hydrogen) atoms. The molecule has 0 aromatic carbocycles. The van der Waals surface area contributed by atoms with Crippen molar-refractivity contribution < 1.29 is 19.4 Å². The summed E-state index contributed by atoms with van der Waals surface area (Å²) >= 11 is 0. The molecule has 0 spiro atoms. The fourth-order valence-electron chi connectivity index (χ4n) is 4.45. The summed E-state index contributed by atoms with van der Waals surface area (Å²) in [5.41, 5.74) is -0.891. The lowest BCUT2D eigenvalue weighted by molar-refractivity contribution is -0.149. The van der Waals surface area contributed by atoms with Crippen LogP contribution in [0.3, 0.4) is 0 Å². The van der Waals surface area contributed by atoms with Crippen LogP contribution in [0.25, 0.3) is 0 Å². The zero-order valence-corrected chi connectivity index (χ0v) is 14.1. The molecule has 2 unspecified atom stereocenters. The molecule has 1 N–H and O–H groups in total. The summed E-state index contributed by atoms with van der Waals surface area (Å²) in [6.07, 6.45) is 3.19. The van der Waals surface area contributed by atoms with Crippen molar-refractivity contribution in [2.75, 3.05) is 44.3 Å². The van der Waals surface area contributed by atoms with Gasteiger partial charge in [0.05, 0.1) is 0 Å². The van der Waals surface area contributed by atoms with E-state index in [1.165, 1.54) is 0 Å². The standard InChI is InChI=1S/C18H23N3O4/c22-16(13-4-7-25-8-5-13)21-10-14-9-20(15-3-1-2-6-19-15)11-18(14,12-21)17(23)24/h1-3,6,13-14H,4-5,7-12H2,(H,23,24). The Morgan fingerprint density at radius 1 is 1.20 bits per heavy atom. The van der Waals surface area contributed by atoms with Gasteiger partial charge in [-0.15, -0.1) is 0 Å². The average Bonchev–Trinajstić information content (AvgIpc) is 3.18. The molecular formula is C18H23N3O4. The minimum Gasteiger partial charge on any atom is -0.481 e. The van der Waals surface area contributed by atoms with E-state index in [1.807, 2.05) is 23.1 Å². The number of carbonyl (C=O) groups excluding carboxylic acids is 1. The molecule has 3 aliphatic heterocycles. The molecule has 7 heteroatoms. The first-order valence-electron chi connectivity index (χ1n) is 8.86. The first-order valence-corrected chi connectivity index (χ1v) is 8.86. The molecule has 3 aliphatic rings. The van der Waals surface area contributed by atoms with Crippen LogP contribution in [0, 0.1) is 17.3 Å². The molecule has 1 aromatic heterocycles. The molecule has 7 nitrogen and oxygen atoms in total. The SMILES string of the molecule is O=C(C1CCOCC1)N1CC2CN(c3ccccn3)CC2(C(=O)O)C1. The highest BCUT2D eigenvalue weighted by atomic mass is 16.5. The highest BCUT2D eigenvalue weighted by Crippen LogP contribution is 2.44. The highest BCUT2D eigenvalue weighted by molar-refractivity contribution is 5.83. The van der Waals surface area contributed by atoms with E-state index in [0.29, 0.717) is 39.4 Å². The number of aliphatic carboxylic acids is 1. The predicted molar refractivity (Wildman–Crippen MR) is 90.1 cm³/mol. The number of fused-ring (bicyclic) bond motifs is 1. The van der Waals surface area contributed by atoms with Crippen LogP contribution in [0.4, 0.5) is 5.82 Å². The molecule has 3 fully saturated rings. The number of aromatic nitrogens is 1. The third kappa shape index (κ3) is 2.76. The second kappa shape index (κ2) is 6.29. The van der Waals surface area contributed by atoms with E-state index in [9.17, 15) is 14.7 Å². The van der Waals surface area contributed by atoms with E-state index in [2.05, 4.69) is 4.98 Å². The smallest absolute Gasteiger partial charge is 0.313 e. The van der Waals surface area contributed by atoms with Gasteiger partial charge in [0.15, 0.2) is 0 Å². The predicted octanol–water partition coefficient (Wildman–Crippen LogP) is 0.858. The summed E-state index contributed by atoms with van der Waals surface area (Å²) in [6, 6.07) is 5.66. The fourth-order valence-corrected chi connectivity index (χ4v) is 4.45. The maximum atomic E-state index is 12.8. The number of amides is 1. The van der Waals surface area contributed by atoms with Crippen LogP contribution < -0.4 is 4.90 Å². The Labute approximate surface area is 146 Å². The molecule has 0 radical (unpaired) electrons. The van der Waals surface area contributed by atoms with E-state index in [4.69, 9.17) is 4.74 Å². The normalized spacial score (nSPS) is 29.7. The molecule has 4 rings (SSSR count). The highest BCUT2D eigenvalue weighted by Gasteiger charge is 2.59. The van der Waals surface area contributed by atoms with Gasteiger partial charge < -0.3 is 19.6 Å². The lowest BCUT2D eigenvalue weighted by Crippen LogP contribution is -2.44. The maximum Gasteiger partial charge on any atom is 0.313 e. The van der Waals surface area contributed by atoms with Crippen molar-refractivity contribution in [3.05, 3.63) is 24.4 Å². The number of hydrogen-bond donors (Lipinski definition) is 1. The Morgan fingerprint density at radius 3 is 2.64 bits per heavy atom. The number of hydrogen-bond acceptors (Lipinski definition) is 5. The van der Waals surface area contributed by atoms with Crippen LogP contribution >= 0.6 is 0 Å². The first-order chi connectivity index (χ1) is 12.1. The minimum atomic E-state index is -0.891. The molecule has 1 aromatic rings. The Bertz CT molecular complexity index is 662. The number of anilines is 1. The molecule has 134 valence electrons. The lowest BCUT2D eigenvalue weighted by Gasteiger charge is -2.29. The minimum absolute atomic E-state index is 0.0229. The molecule has 1 amide bonds. The van der Waals surface area contributed by atoms with Crippen molar-refractivity contribution in [3.8, 4) is 0 Å². The number of likely N-dealkylation sites (tertiary alicyclic amines) is 1. The van der Waals surface area contributed by atoms with Gasteiger partial charge in [-0.05, 0) is 25.0 Å². The number of carboxylic acid groups (broad SMARTS) is 1. The number of carboxylic acids is 1. The van der Waals surface area contributed by atoms with Gasteiger partial charge in [0.25, 0.3) is 0 Å². The van der Waals surface area contributed by atoms with Crippen molar-refractivity contribution in [1.29, 1.82) is 0 Å². The van der Waals surface area contributed by atoms with Crippen LogP contribution in [0.1, 0.15) is 12.8 Å². The largest absolute Gasteiger partial charge is 0.481 e. The van der Waals surface area contributed by atoms with Crippen molar-refractivity contribution >= 4 is 17.7 Å². The number of nitrogens with zero attached hydrogens (tertiary/aromatic N) is 3. The quantitative estimate of drug-likeness (QED) is 0.875. The molecule has 0 bridgehead atoms. The first kappa shape index (κ1) is 16.3. The summed E-state index contributed by atoms with van der Waals surface area (Å²) in [5, 5.41) is 9.94. The van der Waals surface area contributed by atoms with Gasteiger partial charge in [-0.2, -0.15) is 0 Å². The maximum absolute atomic E-state index is 12.8. The van der Waals surface area contributed by atoms with Crippen LogP contribution in [0.2, 0.25) is 0 Å². The number of ether oxygens (including phenoxy) is 1. The zero-order chi connectivity index (χ0) is 17.4. The van der Waals surface area contributed by atoms with Gasteiger partial charge in [0, 0.05) is 57.4 Å². The van der Waals surface area contributed by atoms with E-state index in [0.717, 1.165) is 18.7 Å². The summed E-state index contributed by atoms with van der Waals surface area (Å²) in [6.45, 7) is 3.08. The van der Waals surface area contributed by atoms with Gasteiger partial charge in [-0.3, -0.25) is 9.59 Å². The molecule has 4 heterocycles. The van der Waals surface area contributed by atoms with E-state index >= 15 is 0 Å². The van der Waals surface area contributed by atoms with Gasteiger partial charge in [0.1, 0.15) is 11.2 Å². The van der Waals surface area contributed by atoms with Crippen LogP contribution in [-0.2, 0) is 14.3 Å². The fraction of sp³-hybridized carbons (Fsp3) is 0.611. The number of pyridine rings is 1. The van der Waals surface area contributed by atoms with Crippen LogP contribution in [0.5, 0.6) is 0 Å². The van der Waals surface area contributed by atoms with Crippen molar-refractivity contribution in [3.63, 3.8) is 0 Å². The second-order valence-corrected chi connectivity index (χ2v) is 7.33. The van der Waals surface area contributed by atoms with E-state index in [-0.39, 0.29) is 17.7 Å². The summed E-state index contributed by atoms with van der Waals surface area (Å²) < 4.78 is 5.33. The lowest BCUT2D eigenvalue weighted by atomic mass is 9.81. The van der Waals surface area contributed by atoms with E-state index in [1.54, 1.807) is 11.1 Å². The van der Waals surface area contributed by atoms with Gasteiger partial charge in [-0.25, -0.2) is 4.98 Å².